The van der Waals surface area contributed by atoms with E-state index in [1.165, 1.54) is 23.8 Å². The molecule has 0 saturated carbocycles. The second-order valence-corrected chi connectivity index (χ2v) is 9.22. The van der Waals surface area contributed by atoms with Gasteiger partial charge in [0, 0.05) is 41.5 Å². The van der Waals surface area contributed by atoms with Crippen LogP contribution in [0.1, 0.15) is 36.3 Å². The number of thiazole rings is 1. The number of carbonyl (C=O) groups is 1. The summed E-state index contributed by atoms with van der Waals surface area (Å²) in [7, 11) is 0. The molecule has 1 atom stereocenters. The second-order valence-electron chi connectivity index (χ2n) is 8.36. The van der Waals surface area contributed by atoms with Crippen LogP contribution >= 0.6 is 11.3 Å². The molecule has 4 aromatic rings. The number of anilines is 2. The Morgan fingerprint density at radius 2 is 1.79 bits per heavy atom. The Bertz CT molecular complexity index is 1350. The van der Waals surface area contributed by atoms with E-state index in [0.29, 0.717) is 18.2 Å². The molecule has 34 heavy (non-hydrogen) atoms. The van der Waals surface area contributed by atoms with Crippen molar-refractivity contribution >= 4 is 28.2 Å². The smallest absolute Gasteiger partial charge is 0.217 e. The van der Waals surface area contributed by atoms with E-state index in [1.54, 1.807) is 0 Å². The molecule has 7 nitrogen and oxygen atoms in total. The Kier molecular flexibility index (Phi) is 5.98. The van der Waals surface area contributed by atoms with Crippen molar-refractivity contribution in [3.05, 3.63) is 70.9 Å². The van der Waals surface area contributed by atoms with Crippen LogP contribution in [0.15, 0.2) is 53.9 Å². The average molecular weight is 472 g/mol. The molecule has 0 saturated heterocycles. The van der Waals surface area contributed by atoms with E-state index < -0.39 is 0 Å². The Labute approximate surface area is 202 Å². The molecule has 1 unspecified atom stereocenters. The van der Waals surface area contributed by atoms with Crippen molar-refractivity contribution in [1.29, 1.82) is 0 Å². The first-order valence-electron chi connectivity index (χ1n) is 11.1. The highest BCUT2D eigenvalue weighted by atomic mass is 32.1. The van der Waals surface area contributed by atoms with Gasteiger partial charge in [0.1, 0.15) is 17.4 Å². The molecule has 5 rings (SSSR count). The van der Waals surface area contributed by atoms with Crippen LogP contribution in [0.25, 0.3) is 22.5 Å². The summed E-state index contributed by atoms with van der Waals surface area (Å²) in [6, 6.07) is 16.2. The maximum absolute atomic E-state index is 11.6. The summed E-state index contributed by atoms with van der Waals surface area (Å²) in [5.74, 6) is 2.15. The number of carbonyl (C=O) groups excluding carboxylic acids is 1. The van der Waals surface area contributed by atoms with Gasteiger partial charge < -0.3 is 15.4 Å². The normalized spacial score (nSPS) is 14.7. The number of nitrogens with zero attached hydrogens (tertiary/aromatic N) is 3. The molecule has 172 valence electrons. The van der Waals surface area contributed by atoms with Crippen LogP contribution in [0.4, 0.5) is 10.9 Å². The van der Waals surface area contributed by atoms with Crippen LogP contribution in [-0.4, -0.2) is 27.5 Å². The predicted octanol–water partition coefficient (Wildman–Crippen LogP) is 5.59. The van der Waals surface area contributed by atoms with E-state index in [1.807, 2.05) is 30.5 Å². The largest absolute Gasteiger partial charge is 0.493 e. The van der Waals surface area contributed by atoms with E-state index in [9.17, 15) is 4.79 Å². The van der Waals surface area contributed by atoms with Crippen molar-refractivity contribution in [1.82, 2.24) is 20.3 Å². The summed E-state index contributed by atoms with van der Waals surface area (Å²) in [5, 5.41) is 9.10. The van der Waals surface area contributed by atoms with Gasteiger partial charge in [-0.25, -0.2) is 15.0 Å². The van der Waals surface area contributed by atoms with E-state index >= 15 is 0 Å². The first-order chi connectivity index (χ1) is 16.4. The van der Waals surface area contributed by atoms with Gasteiger partial charge in [0.05, 0.1) is 24.0 Å². The maximum atomic E-state index is 11.6. The minimum absolute atomic E-state index is 0.0476. The third-order valence-electron chi connectivity index (χ3n) is 5.65. The van der Waals surface area contributed by atoms with E-state index in [-0.39, 0.29) is 11.9 Å². The van der Waals surface area contributed by atoms with Gasteiger partial charge in [0.2, 0.25) is 5.91 Å². The second kappa shape index (κ2) is 9.23. The lowest BCUT2D eigenvalue weighted by Crippen LogP contribution is -2.30. The number of amides is 1. The number of benzene rings is 2. The summed E-state index contributed by atoms with van der Waals surface area (Å²) >= 11 is 1.51. The number of nitrogens with one attached hydrogen (secondary N) is 2. The molecule has 0 bridgehead atoms. The predicted molar refractivity (Wildman–Crippen MR) is 134 cm³/mol. The molecule has 1 aliphatic rings. The van der Waals surface area contributed by atoms with Crippen LogP contribution in [0.2, 0.25) is 0 Å². The minimum atomic E-state index is -0.0541. The molecule has 1 amide bonds. The number of rotatable bonds is 5. The Balaban J connectivity index is 1.39. The number of ether oxygens (including phenoxy) is 1. The minimum Gasteiger partial charge on any atom is -0.493 e. The highest BCUT2D eigenvalue weighted by molar-refractivity contribution is 7.14. The lowest BCUT2D eigenvalue weighted by atomic mass is 9.97. The zero-order valence-electron chi connectivity index (χ0n) is 19.3. The quantitative estimate of drug-likeness (QED) is 0.395. The molecule has 0 aliphatic carbocycles. The van der Waals surface area contributed by atoms with Crippen LogP contribution < -0.4 is 15.4 Å². The van der Waals surface area contributed by atoms with Crippen molar-refractivity contribution in [2.75, 3.05) is 11.9 Å². The summed E-state index contributed by atoms with van der Waals surface area (Å²) in [6.45, 7) is 6.08. The highest BCUT2D eigenvalue weighted by Crippen LogP contribution is 2.36. The van der Waals surface area contributed by atoms with Crippen molar-refractivity contribution in [3.63, 3.8) is 0 Å². The molecule has 8 heteroatoms. The van der Waals surface area contributed by atoms with Crippen molar-refractivity contribution < 1.29 is 9.53 Å². The summed E-state index contributed by atoms with van der Waals surface area (Å²) in [4.78, 5) is 25.5. The SMILES string of the molecule is CC(=O)NC1CCOc2ccc(-c3csc(Nc4cc(-c5ccc(C)cc5)nc(C)n4)n3)cc21. The summed E-state index contributed by atoms with van der Waals surface area (Å²) in [5.41, 5.74) is 5.93. The summed E-state index contributed by atoms with van der Waals surface area (Å²) in [6.07, 6.45) is 0.746. The zero-order valence-corrected chi connectivity index (χ0v) is 20.1. The molecule has 0 radical (unpaired) electrons. The fourth-order valence-corrected chi connectivity index (χ4v) is 4.75. The van der Waals surface area contributed by atoms with E-state index in [0.717, 1.165) is 45.4 Å². The van der Waals surface area contributed by atoms with Crippen LogP contribution in [0, 0.1) is 13.8 Å². The van der Waals surface area contributed by atoms with Crippen LogP contribution in [0.5, 0.6) is 5.75 Å². The molecule has 0 fully saturated rings. The number of hydrogen-bond donors (Lipinski definition) is 2. The van der Waals surface area contributed by atoms with Gasteiger partial charge in [-0.05, 0) is 32.0 Å². The Hall–Kier alpha value is -3.78. The summed E-state index contributed by atoms with van der Waals surface area (Å²) < 4.78 is 5.78. The molecule has 2 N–H and O–H groups in total. The highest BCUT2D eigenvalue weighted by Gasteiger charge is 2.23. The standard InChI is InChI=1S/C26H25N5O2S/c1-15-4-6-18(7-5-15)22-13-25(28-16(2)27-22)31-26-30-23(14-34-26)19-8-9-24-20(12-19)21(10-11-33-24)29-17(3)32/h4-9,12-14,21H,10-11H2,1-3H3,(H,29,32)(H,27,28,30,31). The van der Waals surface area contributed by atoms with Gasteiger partial charge in [0.25, 0.3) is 0 Å². The average Bonchev–Trinajstić information content (AvgIpc) is 3.27. The molecule has 2 aromatic carbocycles. The van der Waals surface area contributed by atoms with Gasteiger partial charge in [0.15, 0.2) is 5.13 Å². The number of aromatic nitrogens is 3. The Morgan fingerprint density at radius 3 is 2.59 bits per heavy atom. The molecule has 0 spiro atoms. The van der Waals surface area contributed by atoms with Crippen molar-refractivity contribution in [2.24, 2.45) is 0 Å². The molecular formula is C26H25N5O2S. The maximum Gasteiger partial charge on any atom is 0.217 e. The Morgan fingerprint density at radius 1 is 1.00 bits per heavy atom. The third kappa shape index (κ3) is 4.77. The van der Waals surface area contributed by atoms with Crippen LogP contribution in [-0.2, 0) is 4.79 Å². The van der Waals surface area contributed by atoms with Gasteiger partial charge >= 0.3 is 0 Å². The first kappa shape index (κ1) is 22.0. The van der Waals surface area contributed by atoms with Crippen LogP contribution in [0.3, 0.4) is 0 Å². The lowest BCUT2D eigenvalue weighted by molar-refractivity contribution is -0.119. The molecule has 2 aromatic heterocycles. The van der Waals surface area contributed by atoms with Crippen molar-refractivity contribution in [2.45, 2.75) is 33.2 Å². The topological polar surface area (TPSA) is 89.0 Å². The molecule has 3 heterocycles. The van der Waals surface area contributed by atoms with Gasteiger partial charge in [-0.2, -0.15) is 0 Å². The first-order valence-corrected chi connectivity index (χ1v) is 12.0. The van der Waals surface area contributed by atoms with E-state index in [2.05, 4.69) is 57.9 Å². The number of hydrogen-bond acceptors (Lipinski definition) is 7. The number of aryl methyl sites for hydroxylation is 2. The molecule has 1 aliphatic heterocycles. The number of fused-ring (bicyclic) bond motifs is 1. The molecular weight excluding hydrogens is 446 g/mol. The van der Waals surface area contributed by atoms with Gasteiger partial charge in [-0.15, -0.1) is 11.3 Å². The van der Waals surface area contributed by atoms with Gasteiger partial charge in [-0.1, -0.05) is 29.8 Å². The zero-order chi connectivity index (χ0) is 23.7. The third-order valence-corrected chi connectivity index (χ3v) is 6.40. The van der Waals surface area contributed by atoms with E-state index in [4.69, 9.17) is 9.72 Å². The lowest BCUT2D eigenvalue weighted by Gasteiger charge is -2.26. The fraction of sp³-hybridized carbons (Fsp3) is 0.231. The van der Waals surface area contributed by atoms with Crippen molar-refractivity contribution in [3.8, 4) is 28.3 Å². The van der Waals surface area contributed by atoms with Gasteiger partial charge in [-0.3, -0.25) is 4.79 Å². The monoisotopic (exact) mass is 471 g/mol. The fourth-order valence-electron chi connectivity index (χ4n) is 4.03.